The van der Waals surface area contributed by atoms with Crippen LogP contribution in [0.2, 0.25) is 0 Å². The van der Waals surface area contributed by atoms with E-state index in [4.69, 9.17) is 12.2 Å². The van der Waals surface area contributed by atoms with E-state index in [-0.39, 0.29) is 23.0 Å². The number of rotatable bonds is 4. The zero-order valence-electron chi connectivity index (χ0n) is 15.2. The minimum atomic E-state index is -0.259. The fraction of sp³-hybridized carbons (Fsp3) is 0.350. The maximum atomic E-state index is 13.0. The Labute approximate surface area is 168 Å². The van der Waals surface area contributed by atoms with Gasteiger partial charge in [-0.05, 0) is 48.6 Å². The van der Waals surface area contributed by atoms with Crippen LogP contribution in [-0.4, -0.2) is 34.9 Å². The molecule has 1 saturated carbocycles. The first-order valence-corrected chi connectivity index (χ1v) is 10.4. The van der Waals surface area contributed by atoms with Crippen LogP contribution in [-0.2, 0) is 0 Å². The highest BCUT2D eigenvalue weighted by Gasteiger charge is 2.24. The van der Waals surface area contributed by atoms with Crippen LogP contribution in [0.1, 0.15) is 52.1 Å². The Hall–Kier alpha value is -2.25. The number of carbonyl (C=O) groups excluding carboxylic acids is 2. The Balaban J connectivity index is 1.68. The van der Waals surface area contributed by atoms with Crippen molar-refractivity contribution in [2.75, 3.05) is 12.4 Å². The van der Waals surface area contributed by atoms with E-state index in [9.17, 15) is 9.59 Å². The molecular formula is C20H23N3O2S2. The minimum absolute atomic E-state index is 0.0302. The predicted molar refractivity (Wildman–Crippen MR) is 113 cm³/mol. The molecule has 1 fully saturated rings. The Morgan fingerprint density at radius 1 is 1.11 bits per heavy atom. The number of nitrogens with zero attached hydrogens (tertiary/aromatic N) is 1. The van der Waals surface area contributed by atoms with Gasteiger partial charge in [-0.2, -0.15) is 0 Å². The highest BCUT2D eigenvalue weighted by atomic mass is 32.1. The summed E-state index contributed by atoms with van der Waals surface area (Å²) in [4.78, 5) is 27.6. The molecule has 0 spiro atoms. The summed E-state index contributed by atoms with van der Waals surface area (Å²) in [7, 11) is 1.87. The van der Waals surface area contributed by atoms with Gasteiger partial charge in [0.05, 0.1) is 16.1 Å². The lowest BCUT2D eigenvalue weighted by atomic mass is 9.94. The van der Waals surface area contributed by atoms with Crippen molar-refractivity contribution in [3.8, 4) is 0 Å². The van der Waals surface area contributed by atoms with E-state index in [0.717, 1.165) is 12.8 Å². The predicted octanol–water partition coefficient (Wildman–Crippen LogP) is 4.28. The molecule has 1 heterocycles. The van der Waals surface area contributed by atoms with Crippen molar-refractivity contribution in [2.24, 2.45) is 0 Å². The first kappa shape index (κ1) is 19.5. The van der Waals surface area contributed by atoms with Crippen molar-refractivity contribution in [2.45, 2.75) is 38.1 Å². The molecular weight excluding hydrogens is 378 g/mol. The third-order valence-corrected chi connectivity index (χ3v) is 5.89. The molecule has 2 N–H and O–H groups in total. The summed E-state index contributed by atoms with van der Waals surface area (Å²) in [6.07, 6.45) is 5.68. The zero-order valence-corrected chi connectivity index (χ0v) is 16.9. The van der Waals surface area contributed by atoms with Gasteiger partial charge < -0.3 is 10.2 Å². The van der Waals surface area contributed by atoms with Crippen molar-refractivity contribution in [3.05, 3.63) is 52.2 Å². The fourth-order valence-electron chi connectivity index (χ4n) is 3.33. The van der Waals surface area contributed by atoms with Crippen molar-refractivity contribution in [3.63, 3.8) is 0 Å². The average molecular weight is 402 g/mol. The molecule has 1 aliphatic carbocycles. The lowest BCUT2D eigenvalue weighted by Crippen LogP contribution is -2.39. The summed E-state index contributed by atoms with van der Waals surface area (Å²) in [6.45, 7) is 0. The molecule has 5 nitrogen and oxygen atoms in total. The third kappa shape index (κ3) is 4.93. The number of hydrogen-bond acceptors (Lipinski definition) is 4. The van der Waals surface area contributed by atoms with Gasteiger partial charge in [-0.1, -0.05) is 37.5 Å². The molecule has 0 unspecified atom stereocenters. The second kappa shape index (κ2) is 9.10. The number of anilines is 1. The lowest BCUT2D eigenvalue weighted by molar-refractivity contribution is 0.0697. The number of amides is 2. The van der Waals surface area contributed by atoms with Crippen LogP contribution in [0.4, 0.5) is 5.69 Å². The van der Waals surface area contributed by atoms with E-state index in [1.807, 2.05) is 35.5 Å². The molecule has 0 aliphatic heterocycles. The summed E-state index contributed by atoms with van der Waals surface area (Å²) in [5.41, 5.74) is 1.15. The van der Waals surface area contributed by atoms with Crippen LogP contribution < -0.4 is 10.6 Å². The summed E-state index contributed by atoms with van der Waals surface area (Å²) in [5.74, 6) is -0.289. The Kier molecular flexibility index (Phi) is 6.58. The van der Waals surface area contributed by atoms with E-state index in [1.165, 1.54) is 30.6 Å². The largest absolute Gasteiger partial charge is 0.339 e. The van der Waals surface area contributed by atoms with Crippen LogP contribution in [0, 0.1) is 0 Å². The summed E-state index contributed by atoms with van der Waals surface area (Å²) >= 11 is 6.61. The van der Waals surface area contributed by atoms with Gasteiger partial charge in [0, 0.05) is 13.1 Å². The van der Waals surface area contributed by atoms with Crippen LogP contribution in [0.3, 0.4) is 0 Å². The smallest absolute Gasteiger partial charge is 0.267 e. The van der Waals surface area contributed by atoms with Gasteiger partial charge >= 0.3 is 0 Å². The van der Waals surface area contributed by atoms with Gasteiger partial charge in [0.1, 0.15) is 0 Å². The van der Waals surface area contributed by atoms with Crippen LogP contribution >= 0.6 is 23.6 Å². The number of para-hydroxylation sites is 1. The Morgan fingerprint density at radius 3 is 2.56 bits per heavy atom. The lowest BCUT2D eigenvalue weighted by Gasteiger charge is -2.31. The molecule has 0 bridgehead atoms. The highest BCUT2D eigenvalue weighted by molar-refractivity contribution is 7.80. The Bertz CT molecular complexity index is 814. The number of benzene rings is 1. The van der Waals surface area contributed by atoms with Gasteiger partial charge in [0.2, 0.25) is 0 Å². The van der Waals surface area contributed by atoms with Crippen molar-refractivity contribution >= 4 is 46.2 Å². The molecule has 7 heteroatoms. The van der Waals surface area contributed by atoms with E-state index < -0.39 is 0 Å². The quantitative estimate of drug-likeness (QED) is 0.751. The zero-order chi connectivity index (χ0) is 19.2. The number of hydrogen-bond donors (Lipinski definition) is 2. The molecule has 0 saturated heterocycles. The van der Waals surface area contributed by atoms with Gasteiger partial charge in [0.15, 0.2) is 5.11 Å². The van der Waals surface area contributed by atoms with Gasteiger partial charge in [0.25, 0.3) is 11.8 Å². The highest BCUT2D eigenvalue weighted by Crippen LogP contribution is 2.25. The standard InChI is InChI=1S/C20H23N3O2S2/c1-23(14-8-3-2-4-9-14)19(25)15-10-5-6-11-16(15)21-20(26)22-18(24)17-12-7-13-27-17/h5-7,10-14H,2-4,8-9H2,1H3,(H2,21,22,24,26). The van der Waals surface area contributed by atoms with E-state index >= 15 is 0 Å². The second-order valence-corrected chi connectivity index (χ2v) is 7.99. The van der Waals surface area contributed by atoms with Gasteiger partial charge in [-0.3, -0.25) is 14.9 Å². The Morgan fingerprint density at radius 2 is 1.85 bits per heavy atom. The summed E-state index contributed by atoms with van der Waals surface area (Å²) in [5, 5.41) is 7.66. The molecule has 1 aliphatic rings. The van der Waals surface area contributed by atoms with Crippen molar-refractivity contribution < 1.29 is 9.59 Å². The van der Waals surface area contributed by atoms with E-state index in [2.05, 4.69) is 10.6 Å². The molecule has 0 radical (unpaired) electrons. The normalized spacial score (nSPS) is 14.4. The maximum Gasteiger partial charge on any atom is 0.267 e. The average Bonchev–Trinajstić information content (AvgIpc) is 3.23. The molecule has 2 aromatic rings. The van der Waals surface area contributed by atoms with Gasteiger partial charge in [-0.25, -0.2) is 0 Å². The SMILES string of the molecule is CN(C(=O)c1ccccc1NC(=S)NC(=O)c1cccs1)C1CCCCC1. The topological polar surface area (TPSA) is 61.4 Å². The number of carbonyl (C=O) groups is 2. The monoisotopic (exact) mass is 401 g/mol. The van der Waals surface area contributed by atoms with Crippen molar-refractivity contribution in [1.29, 1.82) is 0 Å². The first-order chi connectivity index (χ1) is 13.1. The third-order valence-electron chi connectivity index (χ3n) is 4.82. The second-order valence-electron chi connectivity index (χ2n) is 6.64. The summed E-state index contributed by atoms with van der Waals surface area (Å²) in [6, 6.07) is 11.1. The number of thiophene rings is 1. The summed E-state index contributed by atoms with van der Waals surface area (Å²) < 4.78 is 0. The maximum absolute atomic E-state index is 13.0. The van der Waals surface area contributed by atoms with Crippen LogP contribution in [0.15, 0.2) is 41.8 Å². The molecule has 1 aromatic carbocycles. The molecule has 3 rings (SSSR count). The minimum Gasteiger partial charge on any atom is -0.339 e. The van der Waals surface area contributed by atoms with Gasteiger partial charge in [-0.15, -0.1) is 11.3 Å². The van der Waals surface area contributed by atoms with Crippen LogP contribution in [0.25, 0.3) is 0 Å². The molecule has 2 amide bonds. The van der Waals surface area contributed by atoms with E-state index in [1.54, 1.807) is 18.2 Å². The van der Waals surface area contributed by atoms with Crippen molar-refractivity contribution in [1.82, 2.24) is 10.2 Å². The fourth-order valence-corrected chi connectivity index (χ4v) is 4.15. The molecule has 0 atom stereocenters. The molecule has 1 aromatic heterocycles. The number of thiocarbonyl (C=S) groups is 1. The first-order valence-electron chi connectivity index (χ1n) is 9.08. The van der Waals surface area contributed by atoms with Crippen LogP contribution in [0.5, 0.6) is 0 Å². The molecule has 27 heavy (non-hydrogen) atoms. The molecule has 142 valence electrons. The number of nitrogens with one attached hydrogen (secondary N) is 2. The van der Waals surface area contributed by atoms with E-state index in [0.29, 0.717) is 16.1 Å².